The number of aromatic hydroxyl groups is 1. The van der Waals surface area contributed by atoms with Crippen molar-refractivity contribution in [3.05, 3.63) is 102 Å². The fourth-order valence-electron chi connectivity index (χ4n) is 4.72. The Morgan fingerprint density at radius 2 is 1.86 bits per heavy atom. The van der Waals surface area contributed by atoms with Crippen molar-refractivity contribution in [2.45, 2.75) is 13.1 Å². The minimum atomic E-state index is -4.55. The van der Waals surface area contributed by atoms with Gasteiger partial charge in [0.1, 0.15) is 18.4 Å². The van der Waals surface area contributed by atoms with E-state index in [1.807, 2.05) is 6.92 Å². The number of phenols is 1. The summed E-state index contributed by atoms with van der Waals surface area (Å²) in [5.74, 6) is -0.306. The van der Waals surface area contributed by atoms with E-state index < -0.39 is 17.6 Å². The topological polar surface area (TPSA) is 145 Å². The summed E-state index contributed by atoms with van der Waals surface area (Å²) in [7, 11) is 0. The molecule has 0 fully saturated rings. The van der Waals surface area contributed by atoms with E-state index in [1.165, 1.54) is 35.7 Å². The van der Waals surface area contributed by atoms with Crippen LogP contribution in [-0.2, 0) is 6.18 Å². The van der Waals surface area contributed by atoms with E-state index in [1.54, 1.807) is 42.6 Å². The van der Waals surface area contributed by atoms with Crippen LogP contribution in [0.2, 0.25) is 0 Å². The summed E-state index contributed by atoms with van der Waals surface area (Å²) in [4.78, 5) is 29.9. The Bertz CT molecular complexity index is 2010. The Hall–Kier alpha value is -5.85. The maximum Gasteiger partial charge on any atom is 0.416 e. The average molecular weight is 583 g/mol. The summed E-state index contributed by atoms with van der Waals surface area (Å²) in [5, 5.41) is 18.9. The summed E-state index contributed by atoms with van der Waals surface area (Å²) >= 11 is 0. The molecule has 3 heterocycles. The molecule has 0 radical (unpaired) electrons. The summed E-state index contributed by atoms with van der Waals surface area (Å²) in [5.41, 5.74) is 8.10. The zero-order valence-electron chi connectivity index (χ0n) is 22.3. The molecule has 0 aliphatic heterocycles. The molecule has 3 aromatic carbocycles. The van der Waals surface area contributed by atoms with Gasteiger partial charge in [-0.25, -0.2) is 24.6 Å². The van der Waals surface area contributed by atoms with Crippen molar-refractivity contribution in [3.8, 4) is 33.8 Å². The maximum absolute atomic E-state index is 13.2. The number of rotatable bonds is 5. The molecule has 4 N–H and O–H groups in total. The van der Waals surface area contributed by atoms with Crippen LogP contribution in [0.25, 0.3) is 39.0 Å². The first-order valence-corrected chi connectivity index (χ1v) is 12.8. The summed E-state index contributed by atoms with van der Waals surface area (Å²) in [6.45, 7) is 1.81. The third kappa shape index (κ3) is 5.30. The molecule has 43 heavy (non-hydrogen) atoms. The van der Waals surface area contributed by atoms with Crippen LogP contribution in [0.4, 0.5) is 24.8 Å². The van der Waals surface area contributed by atoms with Crippen LogP contribution in [0.1, 0.15) is 21.5 Å². The Morgan fingerprint density at radius 3 is 2.63 bits per heavy atom. The molecule has 0 aliphatic rings. The highest BCUT2D eigenvalue weighted by Gasteiger charge is 2.30. The molecule has 6 aromatic rings. The molecule has 6 rings (SSSR count). The van der Waals surface area contributed by atoms with E-state index in [4.69, 9.17) is 5.73 Å². The Morgan fingerprint density at radius 1 is 1.02 bits per heavy atom. The highest BCUT2D eigenvalue weighted by atomic mass is 19.4. The number of halogens is 3. The van der Waals surface area contributed by atoms with E-state index in [9.17, 15) is 23.1 Å². The first-order valence-electron chi connectivity index (χ1n) is 12.8. The largest absolute Gasteiger partial charge is 0.507 e. The predicted molar refractivity (Wildman–Crippen MR) is 153 cm³/mol. The van der Waals surface area contributed by atoms with Crippen molar-refractivity contribution < 1.29 is 23.1 Å². The fraction of sp³-hybridized carbons (Fsp3) is 0.0667. The van der Waals surface area contributed by atoms with Crippen molar-refractivity contribution in [2.75, 3.05) is 11.1 Å². The predicted octanol–water partition coefficient (Wildman–Crippen LogP) is 5.81. The SMILES string of the molecule is Cc1ccc(C(=O)Nc2cccc(C(F)(F)F)c2)cc1-c1cc2cnc(N)nc2c(-c2ccnc(-n3cncn3)c2)c1O. The number of pyridine rings is 1. The second kappa shape index (κ2) is 10.5. The Balaban J connectivity index is 1.46. The molecular weight excluding hydrogens is 561 g/mol. The van der Waals surface area contributed by atoms with Crippen molar-refractivity contribution in [1.29, 1.82) is 0 Å². The van der Waals surface area contributed by atoms with E-state index in [0.29, 0.717) is 39.0 Å². The number of aromatic nitrogens is 6. The van der Waals surface area contributed by atoms with E-state index >= 15 is 0 Å². The molecule has 0 saturated heterocycles. The highest BCUT2D eigenvalue weighted by Crippen LogP contribution is 2.44. The van der Waals surface area contributed by atoms with E-state index in [0.717, 1.165) is 17.7 Å². The Labute approximate surface area is 241 Å². The van der Waals surface area contributed by atoms with Crippen molar-refractivity contribution in [1.82, 2.24) is 29.7 Å². The monoisotopic (exact) mass is 582 g/mol. The number of fused-ring (bicyclic) bond motifs is 1. The van der Waals surface area contributed by atoms with Crippen LogP contribution >= 0.6 is 0 Å². The standard InChI is InChI=1S/C30H21F3N8O2/c1-16-5-6-18(28(43)39-21-4-2-3-20(12-21)30(31,32)33)9-22(16)23-10-19-13-37-29(34)40-26(19)25(27(23)42)17-7-8-36-24(11-17)41-15-35-14-38-41/h2-15,42H,1H3,(H,39,43)(H2,34,37,40). The van der Waals surface area contributed by atoms with Crippen LogP contribution in [0, 0.1) is 6.92 Å². The molecule has 0 atom stereocenters. The number of benzene rings is 3. The summed E-state index contributed by atoms with van der Waals surface area (Å²) in [6.07, 6.45) is 1.39. The second-order valence-electron chi connectivity index (χ2n) is 9.62. The number of amides is 1. The smallest absolute Gasteiger partial charge is 0.416 e. The van der Waals surface area contributed by atoms with Gasteiger partial charge in [-0.3, -0.25) is 4.79 Å². The molecule has 0 bridgehead atoms. The van der Waals surface area contributed by atoms with Crippen LogP contribution in [-0.4, -0.2) is 40.7 Å². The van der Waals surface area contributed by atoms with Gasteiger partial charge in [0.05, 0.1) is 16.6 Å². The lowest BCUT2D eigenvalue weighted by atomic mass is 9.91. The minimum Gasteiger partial charge on any atom is -0.507 e. The highest BCUT2D eigenvalue weighted by molar-refractivity contribution is 6.06. The molecule has 0 unspecified atom stereocenters. The first-order chi connectivity index (χ1) is 20.6. The number of phenolic OH excluding ortho intramolecular Hbond substituents is 1. The Kier molecular flexibility index (Phi) is 6.69. The molecule has 214 valence electrons. The van der Waals surface area contributed by atoms with Crippen LogP contribution < -0.4 is 11.1 Å². The number of nitrogens with zero attached hydrogens (tertiary/aromatic N) is 6. The number of carbonyl (C=O) groups is 1. The summed E-state index contributed by atoms with van der Waals surface area (Å²) in [6, 6.07) is 14.3. The molecule has 3 aromatic heterocycles. The second-order valence-corrected chi connectivity index (χ2v) is 9.62. The lowest BCUT2D eigenvalue weighted by Gasteiger charge is -2.17. The van der Waals surface area contributed by atoms with E-state index in [2.05, 4.69) is 30.4 Å². The van der Waals surface area contributed by atoms with Gasteiger partial charge in [-0.2, -0.15) is 18.3 Å². The van der Waals surface area contributed by atoms with Gasteiger partial charge in [-0.1, -0.05) is 12.1 Å². The number of alkyl halides is 3. The number of hydrogen-bond donors (Lipinski definition) is 3. The molecule has 0 spiro atoms. The van der Waals surface area contributed by atoms with Crippen molar-refractivity contribution in [2.24, 2.45) is 0 Å². The number of hydrogen-bond acceptors (Lipinski definition) is 8. The van der Waals surface area contributed by atoms with Crippen LogP contribution in [0.15, 0.2) is 85.7 Å². The zero-order valence-corrected chi connectivity index (χ0v) is 22.3. The van der Waals surface area contributed by atoms with Gasteiger partial charge >= 0.3 is 6.18 Å². The van der Waals surface area contributed by atoms with Gasteiger partial charge < -0.3 is 16.2 Å². The van der Waals surface area contributed by atoms with E-state index in [-0.39, 0.29) is 22.9 Å². The molecule has 13 heteroatoms. The maximum atomic E-state index is 13.2. The first kappa shape index (κ1) is 27.3. The van der Waals surface area contributed by atoms with Crippen molar-refractivity contribution in [3.63, 3.8) is 0 Å². The molecular formula is C30H21F3N8O2. The molecule has 1 amide bonds. The third-order valence-electron chi connectivity index (χ3n) is 6.79. The van der Waals surface area contributed by atoms with Gasteiger partial charge in [-0.15, -0.1) is 0 Å². The zero-order chi connectivity index (χ0) is 30.3. The van der Waals surface area contributed by atoms with Gasteiger partial charge in [0, 0.05) is 34.6 Å². The number of nitrogens with one attached hydrogen (secondary N) is 1. The normalized spacial score (nSPS) is 11.5. The molecule has 0 saturated carbocycles. The number of anilines is 2. The van der Waals surface area contributed by atoms with Gasteiger partial charge in [-0.05, 0) is 72.1 Å². The lowest BCUT2D eigenvalue weighted by Crippen LogP contribution is -2.13. The van der Waals surface area contributed by atoms with Gasteiger partial charge in [0.15, 0.2) is 5.82 Å². The summed E-state index contributed by atoms with van der Waals surface area (Å²) < 4.78 is 41.0. The fourth-order valence-corrected chi connectivity index (χ4v) is 4.72. The molecule has 0 aliphatic carbocycles. The number of aryl methyl sites for hydroxylation is 1. The van der Waals surface area contributed by atoms with Crippen LogP contribution in [0.5, 0.6) is 5.75 Å². The number of nitrogens with two attached hydrogens (primary N) is 1. The number of carbonyl (C=O) groups excluding carboxylic acids is 1. The quantitative estimate of drug-likeness (QED) is 0.231. The van der Waals surface area contributed by atoms with Gasteiger partial charge in [0.2, 0.25) is 5.95 Å². The third-order valence-corrected chi connectivity index (χ3v) is 6.79. The van der Waals surface area contributed by atoms with Crippen LogP contribution in [0.3, 0.4) is 0 Å². The minimum absolute atomic E-state index is 0.00611. The average Bonchev–Trinajstić information content (AvgIpc) is 3.52. The van der Waals surface area contributed by atoms with Gasteiger partial charge in [0.25, 0.3) is 5.91 Å². The number of nitrogen functional groups attached to an aromatic ring is 1. The lowest BCUT2D eigenvalue weighted by molar-refractivity contribution is -0.137. The molecule has 10 nitrogen and oxygen atoms in total. The van der Waals surface area contributed by atoms with Crippen molar-refractivity contribution >= 4 is 28.4 Å².